The van der Waals surface area contributed by atoms with E-state index in [1.165, 1.54) is 12.1 Å². The van der Waals surface area contributed by atoms with Crippen LogP contribution in [0, 0.1) is 0 Å². The Morgan fingerprint density at radius 2 is 1.96 bits per heavy atom. The van der Waals surface area contributed by atoms with E-state index >= 15 is 0 Å². The minimum atomic E-state index is -4.32. The number of aromatic nitrogens is 2. The van der Waals surface area contributed by atoms with Gasteiger partial charge in [-0.15, -0.1) is 0 Å². The van der Waals surface area contributed by atoms with Gasteiger partial charge < -0.3 is 4.74 Å². The number of aromatic amines is 1. The van der Waals surface area contributed by atoms with E-state index in [0.29, 0.717) is 13.2 Å². The highest BCUT2D eigenvalue weighted by Crippen LogP contribution is 2.31. The first-order valence-corrected chi connectivity index (χ1v) is 8.42. The molecule has 26 heavy (non-hydrogen) atoms. The van der Waals surface area contributed by atoms with Gasteiger partial charge in [0.25, 0.3) is 0 Å². The predicted octanol–water partition coefficient (Wildman–Crippen LogP) is 4.16. The third kappa shape index (κ3) is 3.59. The Bertz CT molecular complexity index is 889. The zero-order chi connectivity index (χ0) is 18.1. The van der Waals surface area contributed by atoms with Crippen molar-refractivity contribution in [3.63, 3.8) is 0 Å². The molecule has 1 saturated heterocycles. The summed E-state index contributed by atoms with van der Waals surface area (Å²) in [6.45, 7) is 2.75. The first kappa shape index (κ1) is 17.1. The van der Waals surface area contributed by atoms with Gasteiger partial charge in [0, 0.05) is 25.0 Å². The maximum atomic E-state index is 12.7. The van der Waals surface area contributed by atoms with E-state index in [1.807, 2.05) is 6.07 Å². The molecule has 0 radical (unpaired) electrons. The molecule has 0 saturated carbocycles. The molecule has 0 spiro atoms. The Kier molecular flexibility index (Phi) is 4.42. The number of alkyl halides is 3. The van der Waals surface area contributed by atoms with Crippen molar-refractivity contribution in [1.82, 2.24) is 15.1 Å². The van der Waals surface area contributed by atoms with E-state index in [2.05, 4.69) is 27.2 Å². The number of hydrogen-bond acceptors (Lipinski definition) is 3. The molecule has 0 bridgehead atoms. The number of fused-ring (bicyclic) bond motifs is 1. The van der Waals surface area contributed by atoms with Crippen LogP contribution in [0.3, 0.4) is 0 Å². The number of morpholine rings is 1. The predicted molar refractivity (Wildman–Crippen MR) is 91.5 cm³/mol. The van der Waals surface area contributed by atoms with Crippen LogP contribution in [0.1, 0.15) is 22.8 Å². The first-order valence-electron chi connectivity index (χ1n) is 8.42. The second-order valence-corrected chi connectivity index (χ2v) is 6.51. The molecule has 136 valence electrons. The fourth-order valence-electron chi connectivity index (χ4n) is 3.28. The van der Waals surface area contributed by atoms with E-state index in [4.69, 9.17) is 4.74 Å². The van der Waals surface area contributed by atoms with Crippen molar-refractivity contribution < 1.29 is 17.9 Å². The highest BCUT2D eigenvalue weighted by molar-refractivity contribution is 5.78. The highest BCUT2D eigenvalue weighted by atomic mass is 19.4. The summed E-state index contributed by atoms with van der Waals surface area (Å²) in [5.41, 5.74) is 2.29. The SMILES string of the molecule is FC(F)(F)c1ccc(C2CN(Cc3ccc4cn[nH]c4c3)CCO2)cc1. The summed E-state index contributed by atoms with van der Waals surface area (Å²) in [7, 11) is 0. The molecule has 1 aromatic heterocycles. The van der Waals surface area contributed by atoms with Crippen LogP contribution in [0.2, 0.25) is 0 Å². The Hall–Kier alpha value is -2.38. The van der Waals surface area contributed by atoms with Gasteiger partial charge in [-0.05, 0) is 29.3 Å². The van der Waals surface area contributed by atoms with E-state index in [9.17, 15) is 13.2 Å². The Balaban J connectivity index is 1.45. The van der Waals surface area contributed by atoms with Gasteiger partial charge in [-0.1, -0.05) is 24.3 Å². The third-order valence-corrected chi connectivity index (χ3v) is 4.67. The summed E-state index contributed by atoms with van der Waals surface area (Å²) in [6, 6.07) is 11.4. The van der Waals surface area contributed by atoms with Gasteiger partial charge in [-0.2, -0.15) is 18.3 Å². The molecule has 1 unspecified atom stereocenters. The summed E-state index contributed by atoms with van der Waals surface area (Å²) < 4.78 is 43.9. The van der Waals surface area contributed by atoms with Crippen LogP contribution in [0.4, 0.5) is 13.2 Å². The summed E-state index contributed by atoms with van der Waals surface area (Å²) in [4.78, 5) is 2.25. The molecule has 1 aliphatic rings. The van der Waals surface area contributed by atoms with Gasteiger partial charge in [0.15, 0.2) is 0 Å². The molecule has 4 nitrogen and oxygen atoms in total. The third-order valence-electron chi connectivity index (χ3n) is 4.67. The Morgan fingerprint density at radius 1 is 1.15 bits per heavy atom. The van der Waals surface area contributed by atoms with Crippen molar-refractivity contribution in [3.8, 4) is 0 Å². The average molecular weight is 361 g/mol. The van der Waals surface area contributed by atoms with Crippen LogP contribution in [0.5, 0.6) is 0 Å². The monoisotopic (exact) mass is 361 g/mol. The molecule has 1 N–H and O–H groups in total. The summed E-state index contributed by atoms with van der Waals surface area (Å²) in [6.07, 6.45) is -2.75. The quantitative estimate of drug-likeness (QED) is 0.762. The van der Waals surface area contributed by atoms with Gasteiger partial charge >= 0.3 is 6.18 Å². The molecule has 4 rings (SSSR count). The number of rotatable bonds is 3. The van der Waals surface area contributed by atoms with Crippen molar-refractivity contribution in [1.29, 1.82) is 0 Å². The fourth-order valence-corrected chi connectivity index (χ4v) is 3.28. The van der Waals surface area contributed by atoms with Crippen LogP contribution in [0.25, 0.3) is 10.9 Å². The maximum absolute atomic E-state index is 12.7. The molecule has 2 heterocycles. The van der Waals surface area contributed by atoms with E-state index in [0.717, 1.165) is 47.3 Å². The minimum Gasteiger partial charge on any atom is -0.371 e. The van der Waals surface area contributed by atoms with E-state index < -0.39 is 11.7 Å². The summed E-state index contributed by atoms with van der Waals surface area (Å²) in [5.74, 6) is 0. The van der Waals surface area contributed by atoms with Gasteiger partial charge in [0.05, 0.1) is 30.0 Å². The second-order valence-electron chi connectivity index (χ2n) is 6.51. The van der Waals surface area contributed by atoms with Gasteiger partial charge in [-0.3, -0.25) is 10.00 Å². The van der Waals surface area contributed by atoms with Crippen LogP contribution >= 0.6 is 0 Å². The molecule has 1 aliphatic heterocycles. The lowest BCUT2D eigenvalue weighted by atomic mass is 10.0. The molecular formula is C19H18F3N3O. The van der Waals surface area contributed by atoms with Gasteiger partial charge in [0.2, 0.25) is 0 Å². The number of nitrogens with zero attached hydrogens (tertiary/aromatic N) is 2. The average Bonchev–Trinajstić information content (AvgIpc) is 3.09. The van der Waals surface area contributed by atoms with E-state index in [1.54, 1.807) is 6.20 Å². The van der Waals surface area contributed by atoms with E-state index in [-0.39, 0.29) is 6.10 Å². The lowest BCUT2D eigenvalue weighted by molar-refractivity contribution is -0.137. The summed E-state index contributed by atoms with van der Waals surface area (Å²) in [5, 5.41) is 8.06. The summed E-state index contributed by atoms with van der Waals surface area (Å²) >= 11 is 0. The van der Waals surface area contributed by atoms with Crippen molar-refractivity contribution in [2.24, 2.45) is 0 Å². The normalized spacial score (nSPS) is 19.1. The molecule has 7 heteroatoms. The molecule has 2 aromatic carbocycles. The fraction of sp³-hybridized carbons (Fsp3) is 0.316. The van der Waals surface area contributed by atoms with Crippen LogP contribution < -0.4 is 0 Å². The second kappa shape index (κ2) is 6.74. The van der Waals surface area contributed by atoms with Crippen LogP contribution in [-0.2, 0) is 17.5 Å². The maximum Gasteiger partial charge on any atom is 0.416 e. The standard InChI is InChI=1S/C19H18F3N3O/c20-19(21,22)16-5-3-14(4-6-16)18-12-25(7-8-26-18)11-13-1-2-15-10-23-24-17(15)9-13/h1-6,9-10,18H,7-8,11-12H2,(H,23,24). The lowest BCUT2D eigenvalue weighted by Crippen LogP contribution is -2.37. The number of halogens is 3. The highest BCUT2D eigenvalue weighted by Gasteiger charge is 2.30. The number of nitrogens with one attached hydrogen (secondary N) is 1. The molecular weight excluding hydrogens is 343 g/mol. The van der Waals surface area contributed by atoms with Crippen molar-refractivity contribution in [2.45, 2.75) is 18.8 Å². The van der Waals surface area contributed by atoms with Gasteiger partial charge in [-0.25, -0.2) is 0 Å². The Labute approximate surface area is 148 Å². The van der Waals surface area contributed by atoms with Crippen LogP contribution in [0.15, 0.2) is 48.7 Å². The number of ether oxygens (including phenoxy) is 1. The minimum absolute atomic E-state index is 0.220. The number of hydrogen-bond donors (Lipinski definition) is 1. The van der Waals surface area contributed by atoms with Crippen molar-refractivity contribution >= 4 is 10.9 Å². The van der Waals surface area contributed by atoms with Crippen molar-refractivity contribution in [3.05, 3.63) is 65.4 Å². The molecule has 3 aromatic rings. The largest absolute Gasteiger partial charge is 0.416 e. The molecule has 0 aliphatic carbocycles. The zero-order valence-corrected chi connectivity index (χ0v) is 14.0. The molecule has 1 fully saturated rings. The molecule has 1 atom stereocenters. The number of H-pyrrole nitrogens is 1. The number of benzene rings is 2. The topological polar surface area (TPSA) is 41.2 Å². The lowest BCUT2D eigenvalue weighted by Gasteiger charge is -2.33. The zero-order valence-electron chi connectivity index (χ0n) is 14.0. The smallest absolute Gasteiger partial charge is 0.371 e. The Morgan fingerprint density at radius 3 is 2.73 bits per heavy atom. The molecule has 0 amide bonds. The van der Waals surface area contributed by atoms with Crippen molar-refractivity contribution in [2.75, 3.05) is 19.7 Å². The van der Waals surface area contributed by atoms with Crippen LogP contribution in [-0.4, -0.2) is 34.8 Å². The van der Waals surface area contributed by atoms with Gasteiger partial charge in [0.1, 0.15) is 0 Å². The first-order chi connectivity index (χ1) is 12.5.